The maximum absolute atomic E-state index is 13.5. The van der Waals surface area contributed by atoms with Crippen LogP contribution in [0.1, 0.15) is 22.9 Å². The van der Waals surface area contributed by atoms with Gasteiger partial charge < -0.3 is 15.0 Å². The molecule has 10 heteroatoms. The number of carbonyl (C=O) groups is 1. The van der Waals surface area contributed by atoms with Crippen molar-refractivity contribution in [1.82, 2.24) is 20.0 Å². The van der Waals surface area contributed by atoms with Crippen molar-refractivity contribution in [3.63, 3.8) is 0 Å². The third-order valence-corrected chi connectivity index (χ3v) is 4.57. The van der Waals surface area contributed by atoms with Crippen LogP contribution in [-0.4, -0.2) is 40.5 Å². The number of amides is 2. The number of benzene rings is 1. The summed E-state index contributed by atoms with van der Waals surface area (Å²) in [5.41, 5.74) is 0.758. The summed E-state index contributed by atoms with van der Waals surface area (Å²) >= 11 is 0. The van der Waals surface area contributed by atoms with E-state index in [1.54, 1.807) is 0 Å². The van der Waals surface area contributed by atoms with Gasteiger partial charge in [-0.3, -0.25) is 4.79 Å². The van der Waals surface area contributed by atoms with E-state index in [2.05, 4.69) is 10.4 Å². The zero-order valence-corrected chi connectivity index (χ0v) is 15.3. The van der Waals surface area contributed by atoms with Gasteiger partial charge in [0.1, 0.15) is 5.75 Å². The average molecular weight is 396 g/mol. The normalized spacial score (nSPS) is 15.0. The fourth-order valence-corrected chi connectivity index (χ4v) is 3.03. The second-order valence-corrected chi connectivity index (χ2v) is 6.45. The summed E-state index contributed by atoms with van der Waals surface area (Å²) in [7, 11) is 2.93. The molecule has 1 aromatic heterocycles. The molecule has 0 radical (unpaired) electrons. The molecule has 0 fully saturated rings. The van der Waals surface area contributed by atoms with Gasteiger partial charge in [-0.25, -0.2) is 9.48 Å². The van der Waals surface area contributed by atoms with Crippen LogP contribution in [0.5, 0.6) is 5.75 Å². The fraction of sp³-hybridized carbons (Fsp3) is 0.389. The first-order chi connectivity index (χ1) is 13.2. The minimum Gasteiger partial charge on any atom is -0.497 e. The highest BCUT2D eigenvalue weighted by Gasteiger charge is 2.42. The number of nitrogens with one attached hydrogen (secondary N) is 1. The Bertz CT molecular complexity index is 925. The van der Waals surface area contributed by atoms with Crippen LogP contribution in [0.4, 0.5) is 18.0 Å². The Labute approximate surface area is 158 Å². The molecule has 2 heterocycles. The third kappa shape index (κ3) is 4.10. The van der Waals surface area contributed by atoms with Gasteiger partial charge >= 0.3 is 12.2 Å². The van der Waals surface area contributed by atoms with Gasteiger partial charge in [0.05, 0.1) is 12.8 Å². The first-order valence-electron chi connectivity index (χ1n) is 8.51. The van der Waals surface area contributed by atoms with Gasteiger partial charge in [-0.2, -0.15) is 18.3 Å². The van der Waals surface area contributed by atoms with Crippen LogP contribution >= 0.6 is 0 Å². The van der Waals surface area contributed by atoms with Gasteiger partial charge in [0.15, 0.2) is 6.04 Å². The number of carbonyl (C=O) groups excluding carboxylic acids is 1. The zero-order valence-electron chi connectivity index (χ0n) is 15.3. The van der Waals surface area contributed by atoms with Crippen molar-refractivity contribution in [3.8, 4) is 5.75 Å². The topological polar surface area (TPSA) is 76.5 Å². The number of aryl methyl sites for hydroxylation is 1. The lowest BCUT2D eigenvalue weighted by molar-refractivity contribution is -0.155. The van der Waals surface area contributed by atoms with Gasteiger partial charge in [-0.1, -0.05) is 12.1 Å². The first kappa shape index (κ1) is 19.7. The number of halogens is 3. The van der Waals surface area contributed by atoms with Crippen LogP contribution in [-0.2, 0) is 20.0 Å². The molecule has 0 saturated heterocycles. The Morgan fingerprint density at radius 3 is 2.57 bits per heavy atom. The number of nitrogens with zero attached hydrogens (tertiary/aromatic N) is 3. The van der Waals surface area contributed by atoms with E-state index in [9.17, 15) is 22.8 Å². The molecule has 0 aliphatic carbocycles. The molecule has 0 spiro atoms. The van der Waals surface area contributed by atoms with Crippen molar-refractivity contribution >= 4 is 6.03 Å². The second kappa shape index (κ2) is 7.53. The number of methoxy groups -OCH3 is 1. The fourth-order valence-electron chi connectivity index (χ4n) is 3.03. The van der Waals surface area contributed by atoms with Crippen molar-refractivity contribution in [3.05, 3.63) is 57.5 Å². The number of alkyl halides is 3. The molecule has 1 N–H and O–H groups in total. The quantitative estimate of drug-likeness (QED) is 0.863. The number of ether oxygens (including phenoxy) is 1. The first-order valence-corrected chi connectivity index (χ1v) is 8.51. The average Bonchev–Trinajstić information content (AvgIpc) is 2.65. The number of aromatic nitrogens is 2. The van der Waals surface area contributed by atoms with Gasteiger partial charge in [0, 0.05) is 38.2 Å². The summed E-state index contributed by atoms with van der Waals surface area (Å²) in [5.74, 6) is 0.415. The highest BCUT2D eigenvalue weighted by atomic mass is 19.4. The van der Waals surface area contributed by atoms with E-state index in [-0.39, 0.29) is 24.2 Å². The van der Waals surface area contributed by atoms with Crippen LogP contribution in [0.2, 0.25) is 0 Å². The van der Waals surface area contributed by atoms with Crippen LogP contribution in [0.25, 0.3) is 0 Å². The van der Waals surface area contributed by atoms with E-state index in [0.717, 1.165) is 0 Å². The zero-order chi connectivity index (χ0) is 20.5. The molecule has 2 amide bonds. The van der Waals surface area contributed by atoms with E-state index < -0.39 is 18.2 Å². The predicted molar refractivity (Wildman–Crippen MR) is 93.9 cm³/mol. The molecule has 150 valence electrons. The minimum absolute atomic E-state index is 0.0252. The Balaban J connectivity index is 1.78. The van der Waals surface area contributed by atoms with Gasteiger partial charge in [0.25, 0.3) is 5.56 Å². The molecule has 0 bridgehead atoms. The van der Waals surface area contributed by atoms with E-state index in [4.69, 9.17) is 4.74 Å². The largest absolute Gasteiger partial charge is 0.497 e. The maximum atomic E-state index is 13.5. The second-order valence-electron chi connectivity index (χ2n) is 6.45. The van der Waals surface area contributed by atoms with E-state index in [1.165, 1.54) is 54.1 Å². The summed E-state index contributed by atoms with van der Waals surface area (Å²) in [4.78, 5) is 25.5. The summed E-state index contributed by atoms with van der Waals surface area (Å²) < 4.78 is 46.7. The van der Waals surface area contributed by atoms with E-state index >= 15 is 0 Å². The number of hydrogen-bond donors (Lipinski definition) is 1. The molecule has 2 aromatic rings. The number of fused-ring (bicyclic) bond motifs is 1. The molecule has 28 heavy (non-hydrogen) atoms. The third-order valence-electron chi connectivity index (χ3n) is 4.57. The molecular formula is C18H19F3N4O3. The Morgan fingerprint density at radius 1 is 1.29 bits per heavy atom. The molecule has 3 rings (SSSR count). The summed E-state index contributed by atoms with van der Waals surface area (Å²) in [6.45, 7) is 0.231. The van der Waals surface area contributed by atoms with Crippen LogP contribution in [0.15, 0.2) is 35.1 Å². The Morgan fingerprint density at radius 2 is 1.96 bits per heavy atom. The maximum Gasteiger partial charge on any atom is 0.412 e. The molecule has 1 atom stereocenters. The highest BCUT2D eigenvalue weighted by Crippen LogP contribution is 2.33. The van der Waals surface area contributed by atoms with Crippen molar-refractivity contribution in [2.45, 2.75) is 25.2 Å². The van der Waals surface area contributed by atoms with Gasteiger partial charge in [-0.05, 0) is 17.7 Å². The number of urea groups is 1. The summed E-state index contributed by atoms with van der Waals surface area (Å²) in [5, 5.41) is 6.18. The lowest BCUT2D eigenvalue weighted by Crippen LogP contribution is -2.47. The van der Waals surface area contributed by atoms with E-state index in [1.807, 2.05) is 0 Å². The lowest BCUT2D eigenvalue weighted by Gasteiger charge is -2.31. The summed E-state index contributed by atoms with van der Waals surface area (Å²) in [6.07, 6.45) is -4.31. The van der Waals surface area contributed by atoms with Gasteiger partial charge in [0.2, 0.25) is 0 Å². The van der Waals surface area contributed by atoms with Crippen LogP contribution < -0.4 is 15.6 Å². The Hall–Kier alpha value is -3.04. The van der Waals surface area contributed by atoms with Crippen LogP contribution in [0.3, 0.4) is 0 Å². The SMILES string of the molecule is COc1ccc(C(NC(=O)N2CCc3nn(C)c(=O)cc3C2)C(F)(F)F)cc1. The minimum atomic E-state index is -4.67. The number of hydrogen-bond acceptors (Lipinski definition) is 4. The molecule has 1 unspecified atom stereocenters. The predicted octanol–water partition coefficient (Wildman–Crippen LogP) is 2.16. The number of rotatable bonds is 3. The molecule has 1 aliphatic heterocycles. The standard InChI is InChI=1S/C18H19F3N4O3/c1-24-15(26)9-12-10-25(8-7-14(12)23-24)17(27)22-16(18(19,20)21)11-3-5-13(28-2)6-4-11/h3-6,9,16H,7-8,10H2,1-2H3,(H,22,27). The molecule has 7 nitrogen and oxygen atoms in total. The monoisotopic (exact) mass is 396 g/mol. The highest BCUT2D eigenvalue weighted by molar-refractivity contribution is 5.75. The Kier molecular flexibility index (Phi) is 5.30. The lowest BCUT2D eigenvalue weighted by atomic mass is 10.1. The van der Waals surface area contributed by atoms with Crippen molar-refractivity contribution < 1.29 is 22.7 Å². The molecule has 1 aromatic carbocycles. The smallest absolute Gasteiger partial charge is 0.412 e. The molecular weight excluding hydrogens is 377 g/mol. The molecule has 1 aliphatic rings. The summed E-state index contributed by atoms with van der Waals surface area (Å²) in [6, 6.07) is 3.66. The van der Waals surface area contributed by atoms with Crippen LogP contribution in [0, 0.1) is 0 Å². The van der Waals surface area contributed by atoms with Crippen molar-refractivity contribution in [1.29, 1.82) is 0 Å². The van der Waals surface area contributed by atoms with Gasteiger partial charge in [-0.15, -0.1) is 0 Å². The van der Waals surface area contributed by atoms with Crippen molar-refractivity contribution in [2.75, 3.05) is 13.7 Å². The molecule has 0 saturated carbocycles. The van der Waals surface area contributed by atoms with E-state index in [0.29, 0.717) is 23.4 Å². The van der Waals surface area contributed by atoms with Crippen molar-refractivity contribution in [2.24, 2.45) is 7.05 Å².